The molecule has 0 bridgehead atoms. The van der Waals surface area contributed by atoms with Crippen LogP contribution in [0.2, 0.25) is 0 Å². The van der Waals surface area contributed by atoms with Gasteiger partial charge in [0.25, 0.3) is 0 Å². The van der Waals surface area contributed by atoms with Crippen molar-refractivity contribution < 1.29 is 9.53 Å². The van der Waals surface area contributed by atoms with Crippen molar-refractivity contribution in [2.75, 3.05) is 32.8 Å². The molecule has 154 valence electrons. The van der Waals surface area contributed by atoms with Gasteiger partial charge in [-0.3, -0.25) is 4.79 Å². The van der Waals surface area contributed by atoms with Crippen molar-refractivity contribution in [1.29, 1.82) is 0 Å². The Hall–Kier alpha value is -2.08. The number of amides is 1. The molecule has 0 saturated carbocycles. The molecule has 6 nitrogen and oxygen atoms in total. The molecule has 2 aliphatic rings. The van der Waals surface area contributed by atoms with Crippen molar-refractivity contribution in [3.63, 3.8) is 0 Å². The lowest BCUT2D eigenvalue weighted by Crippen LogP contribution is -2.47. The van der Waals surface area contributed by atoms with Gasteiger partial charge in [0.1, 0.15) is 0 Å². The van der Waals surface area contributed by atoms with Crippen molar-refractivity contribution in [1.82, 2.24) is 15.1 Å². The number of hydrogen-bond acceptors (Lipinski definition) is 3. The predicted octanol–water partition coefficient (Wildman–Crippen LogP) is 2.78. The topological polar surface area (TPSA) is 57.2 Å². The number of guanidine groups is 1. The second-order valence-corrected chi connectivity index (χ2v) is 7.55. The van der Waals surface area contributed by atoms with E-state index >= 15 is 0 Å². The fourth-order valence-corrected chi connectivity index (χ4v) is 3.98. The van der Waals surface area contributed by atoms with Crippen LogP contribution in [0.25, 0.3) is 0 Å². The Morgan fingerprint density at radius 2 is 2.00 bits per heavy atom. The number of benzene rings is 1. The van der Waals surface area contributed by atoms with Gasteiger partial charge in [0.2, 0.25) is 5.91 Å². The Kier molecular flexibility index (Phi) is 7.71. The van der Waals surface area contributed by atoms with E-state index in [1.807, 2.05) is 4.90 Å². The van der Waals surface area contributed by atoms with Crippen molar-refractivity contribution in [3.05, 3.63) is 35.4 Å². The van der Waals surface area contributed by atoms with Crippen LogP contribution in [-0.4, -0.2) is 60.6 Å². The van der Waals surface area contributed by atoms with E-state index in [0.29, 0.717) is 25.6 Å². The van der Waals surface area contributed by atoms with E-state index in [-0.39, 0.29) is 5.91 Å². The zero-order valence-electron chi connectivity index (χ0n) is 17.3. The maximum atomic E-state index is 11.9. The van der Waals surface area contributed by atoms with Crippen LogP contribution >= 0.6 is 0 Å². The summed E-state index contributed by atoms with van der Waals surface area (Å²) in [7, 11) is 0. The summed E-state index contributed by atoms with van der Waals surface area (Å²) in [5, 5.41) is 3.43. The number of likely N-dealkylation sites (tertiary alicyclic amines) is 2. The van der Waals surface area contributed by atoms with Gasteiger partial charge in [0, 0.05) is 45.8 Å². The monoisotopic (exact) mass is 386 g/mol. The molecule has 3 rings (SSSR count). The number of hydrogen-bond donors (Lipinski definition) is 1. The van der Waals surface area contributed by atoms with E-state index in [1.165, 1.54) is 11.1 Å². The molecule has 0 radical (unpaired) electrons. The van der Waals surface area contributed by atoms with Gasteiger partial charge in [-0.05, 0) is 44.2 Å². The van der Waals surface area contributed by atoms with Crippen LogP contribution in [0.3, 0.4) is 0 Å². The molecule has 2 fully saturated rings. The van der Waals surface area contributed by atoms with E-state index in [0.717, 1.165) is 58.0 Å². The van der Waals surface area contributed by atoms with E-state index in [9.17, 15) is 4.79 Å². The predicted molar refractivity (Wildman–Crippen MR) is 112 cm³/mol. The number of nitrogens with one attached hydrogen (secondary N) is 1. The number of carbonyl (C=O) groups is 1. The standard InChI is InChI=1S/C22H34N4O2/c1-3-23-22(25-13-10-20(11-14-25)28-4-2)24-16-18-7-5-8-19(15-18)17-26-12-6-9-21(26)27/h5,7-8,15,20H,3-4,6,9-14,16-17H2,1-2H3,(H,23,24). The minimum Gasteiger partial charge on any atom is -0.378 e. The van der Waals surface area contributed by atoms with Crippen LogP contribution < -0.4 is 5.32 Å². The molecule has 1 N–H and O–H groups in total. The van der Waals surface area contributed by atoms with Gasteiger partial charge in [-0.2, -0.15) is 0 Å². The van der Waals surface area contributed by atoms with Gasteiger partial charge < -0.3 is 19.9 Å². The van der Waals surface area contributed by atoms with Crippen molar-refractivity contribution >= 4 is 11.9 Å². The van der Waals surface area contributed by atoms with E-state index in [1.54, 1.807) is 0 Å². The van der Waals surface area contributed by atoms with Gasteiger partial charge in [0.15, 0.2) is 5.96 Å². The molecule has 0 aliphatic carbocycles. The highest BCUT2D eigenvalue weighted by Gasteiger charge is 2.22. The maximum absolute atomic E-state index is 11.9. The summed E-state index contributed by atoms with van der Waals surface area (Å²) in [5.41, 5.74) is 2.37. The second-order valence-electron chi connectivity index (χ2n) is 7.55. The third-order valence-electron chi connectivity index (χ3n) is 5.43. The first-order chi connectivity index (χ1) is 13.7. The van der Waals surface area contributed by atoms with Gasteiger partial charge in [-0.15, -0.1) is 0 Å². The Labute approximate surface area is 168 Å². The first-order valence-corrected chi connectivity index (χ1v) is 10.7. The highest BCUT2D eigenvalue weighted by atomic mass is 16.5. The highest BCUT2D eigenvalue weighted by Crippen LogP contribution is 2.17. The largest absolute Gasteiger partial charge is 0.378 e. The van der Waals surface area contributed by atoms with E-state index in [2.05, 4.69) is 48.3 Å². The number of rotatable bonds is 7. The van der Waals surface area contributed by atoms with E-state index < -0.39 is 0 Å². The molecule has 6 heteroatoms. The van der Waals surface area contributed by atoms with Crippen molar-refractivity contribution in [3.8, 4) is 0 Å². The molecule has 0 unspecified atom stereocenters. The third kappa shape index (κ3) is 5.71. The lowest BCUT2D eigenvalue weighted by Gasteiger charge is -2.34. The first kappa shape index (κ1) is 20.6. The number of nitrogens with zero attached hydrogens (tertiary/aromatic N) is 3. The molecule has 0 aromatic heterocycles. The molecule has 2 saturated heterocycles. The summed E-state index contributed by atoms with van der Waals surface area (Å²) in [6, 6.07) is 8.47. The normalized spacial score (nSPS) is 18.8. The summed E-state index contributed by atoms with van der Waals surface area (Å²) < 4.78 is 5.76. The minimum atomic E-state index is 0.272. The molecule has 1 amide bonds. The number of aliphatic imine (C=N–C) groups is 1. The minimum absolute atomic E-state index is 0.272. The molecule has 2 heterocycles. The number of ether oxygens (including phenoxy) is 1. The van der Waals surface area contributed by atoms with E-state index in [4.69, 9.17) is 9.73 Å². The number of carbonyl (C=O) groups excluding carboxylic acids is 1. The highest BCUT2D eigenvalue weighted by molar-refractivity contribution is 5.80. The van der Waals surface area contributed by atoms with Crippen molar-refractivity contribution in [2.45, 2.75) is 58.7 Å². The molecule has 1 aromatic rings. The fourth-order valence-electron chi connectivity index (χ4n) is 3.98. The van der Waals surface area contributed by atoms with Crippen LogP contribution in [-0.2, 0) is 22.6 Å². The molecule has 0 spiro atoms. The molecule has 28 heavy (non-hydrogen) atoms. The Morgan fingerprint density at radius 1 is 1.21 bits per heavy atom. The fraction of sp³-hybridized carbons (Fsp3) is 0.636. The maximum Gasteiger partial charge on any atom is 0.222 e. The SMILES string of the molecule is CCNC(=NCc1cccc(CN2CCCC2=O)c1)N1CCC(OCC)CC1. The smallest absolute Gasteiger partial charge is 0.222 e. The average Bonchev–Trinajstić information content (AvgIpc) is 3.11. The molecular formula is C22H34N4O2. The molecule has 1 aromatic carbocycles. The lowest BCUT2D eigenvalue weighted by molar-refractivity contribution is -0.128. The zero-order valence-corrected chi connectivity index (χ0v) is 17.3. The zero-order chi connectivity index (χ0) is 19.8. The molecular weight excluding hydrogens is 352 g/mol. The Balaban J connectivity index is 1.60. The van der Waals surface area contributed by atoms with Crippen LogP contribution in [0.1, 0.15) is 50.7 Å². The number of piperidine rings is 1. The van der Waals surface area contributed by atoms with Crippen LogP contribution in [0.5, 0.6) is 0 Å². The summed E-state index contributed by atoms with van der Waals surface area (Å²) in [5.74, 6) is 1.26. The van der Waals surface area contributed by atoms with Crippen LogP contribution in [0, 0.1) is 0 Å². The van der Waals surface area contributed by atoms with Crippen LogP contribution in [0.15, 0.2) is 29.3 Å². The molecule has 0 atom stereocenters. The summed E-state index contributed by atoms with van der Waals surface area (Å²) in [6.07, 6.45) is 4.16. The first-order valence-electron chi connectivity index (χ1n) is 10.7. The van der Waals surface area contributed by atoms with Gasteiger partial charge in [0.05, 0.1) is 12.6 Å². The quantitative estimate of drug-likeness (QED) is 0.578. The summed E-state index contributed by atoms with van der Waals surface area (Å²) in [4.78, 5) is 21.0. The lowest BCUT2D eigenvalue weighted by atomic mass is 10.1. The molecule has 2 aliphatic heterocycles. The Morgan fingerprint density at radius 3 is 2.68 bits per heavy atom. The average molecular weight is 387 g/mol. The van der Waals surface area contributed by atoms with Crippen molar-refractivity contribution in [2.24, 2.45) is 4.99 Å². The third-order valence-corrected chi connectivity index (χ3v) is 5.43. The Bertz CT molecular complexity index is 668. The van der Waals surface area contributed by atoms with Gasteiger partial charge >= 0.3 is 0 Å². The second kappa shape index (κ2) is 10.5. The summed E-state index contributed by atoms with van der Waals surface area (Å²) >= 11 is 0. The van der Waals surface area contributed by atoms with Gasteiger partial charge in [-0.1, -0.05) is 24.3 Å². The van der Waals surface area contributed by atoms with Gasteiger partial charge in [-0.25, -0.2) is 4.99 Å². The van der Waals surface area contributed by atoms with Crippen LogP contribution in [0.4, 0.5) is 0 Å². The summed E-state index contributed by atoms with van der Waals surface area (Å²) in [6.45, 7) is 10.0.